The van der Waals surface area contributed by atoms with Crippen molar-refractivity contribution in [3.63, 3.8) is 0 Å². The second kappa shape index (κ2) is 5.72. The summed E-state index contributed by atoms with van der Waals surface area (Å²) in [4.78, 5) is 34.1. The van der Waals surface area contributed by atoms with E-state index in [1.54, 1.807) is 13.8 Å². The van der Waals surface area contributed by atoms with Gasteiger partial charge in [0.05, 0.1) is 6.54 Å². The number of rotatable bonds is 6. The molecule has 0 aromatic heterocycles. The van der Waals surface area contributed by atoms with Crippen molar-refractivity contribution in [3.8, 4) is 0 Å². The Kier molecular flexibility index (Phi) is 5.47. The first-order valence-corrected chi connectivity index (χ1v) is 6.14. The molecule has 0 rings (SSSR count). The van der Waals surface area contributed by atoms with Crippen molar-refractivity contribution in [2.45, 2.75) is 41.0 Å². The van der Waals surface area contributed by atoms with Crippen molar-refractivity contribution in [3.05, 3.63) is 0 Å². The van der Waals surface area contributed by atoms with E-state index in [0.29, 0.717) is 6.42 Å². The number of amides is 1. The summed E-state index contributed by atoms with van der Waals surface area (Å²) < 4.78 is 0. The van der Waals surface area contributed by atoms with Gasteiger partial charge in [0.1, 0.15) is 5.78 Å². The molecule has 0 aliphatic rings. The first-order valence-electron chi connectivity index (χ1n) is 5.57. The fraction of sp³-hybridized carbons (Fsp3) is 0.750. The van der Waals surface area contributed by atoms with Crippen LogP contribution >= 0.6 is 9.24 Å². The van der Waals surface area contributed by atoms with E-state index < -0.39 is 10.8 Å². The van der Waals surface area contributed by atoms with Crippen molar-refractivity contribution in [2.24, 2.45) is 10.8 Å². The van der Waals surface area contributed by atoms with Gasteiger partial charge < -0.3 is 5.32 Å². The summed E-state index contributed by atoms with van der Waals surface area (Å²) in [6.45, 7) is 8.74. The van der Waals surface area contributed by atoms with Crippen LogP contribution in [0.15, 0.2) is 0 Å². The van der Waals surface area contributed by atoms with Crippen molar-refractivity contribution < 1.29 is 14.4 Å². The van der Waals surface area contributed by atoms with Crippen molar-refractivity contribution in [1.29, 1.82) is 0 Å². The third-order valence-electron chi connectivity index (χ3n) is 2.87. The summed E-state index contributed by atoms with van der Waals surface area (Å²) in [6, 6.07) is 0. The summed E-state index contributed by atoms with van der Waals surface area (Å²) in [5.41, 5.74) is -1.37. The van der Waals surface area contributed by atoms with Crippen LogP contribution in [0.3, 0.4) is 0 Å². The maximum Gasteiger partial charge on any atom is 0.226 e. The Balaban J connectivity index is 4.62. The molecule has 0 fully saturated rings. The van der Waals surface area contributed by atoms with E-state index in [4.69, 9.17) is 0 Å². The lowest BCUT2D eigenvalue weighted by Gasteiger charge is -2.32. The molecule has 17 heavy (non-hydrogen) atoms. The average molecular weight is 259 g/mol. The molecule has 0 heterocycles. The van der Waals surface area contributed by atoms with E-state index in [1.165, 1.54) is 6.92 Å². The monoisotopic (exact) mass is 259 g/mol. The van der Waals surface area contributed by atoms with Gasteiger partial charge in [-0.1, -0.05) is 36.9 Å². The van der Waals surface area contributed by atoms with Crippen molar-refractivity contribution >= 4 is 26.5 Å². The van der Waals surface area contributed by atoms with Gasteiger partial charge in [-0.2, -0.15) is 0 Å². The lowest BCUT2D eigenvalue weighted by Crippen LogP contribution is -2.42. The number of Topliss-reactive ketones (excluding diaryl/α,β-unsaturated/α-hetero) is 1. The van der Waals surface area contributed by atoms with E-state index >= 15 is 0 Å². The zero-order valence-corrected chi connectivity index (χ0v) is 12.4. The molecule has 1 atom stereocenters. The zero-order valence-electron chi connectivity index (χ0n) is 11.2. The molecule has 4 nitrogen and oxygen atoms in total. The molecule has 1 amide bonds. The molecule has 0 spiro atoms. The molecule has 0 saturated carbocycles. The SMILES string of the molecule is CC(=O)C(C)(C)CC(C)(C)C(=O)NCC(=O)P. The van der Waals surface area contributed by atoms with Crippen LogP contribution in [-0.4, -0.2) is 23.8 Å². The maximum absolute atomic E-state index is 11.9. The van der Waals surface area contributed by atoms with Crippen LogP contribution < -0.4 is 5.32 Å². The maximum atomic E-state index is 11.9. The Bertz CT molecular complexity index is 335. The van der Waals surface area contributed by atoms with Gasteiger partial charge in [0.15, 0.2) is 5.52 Å². The predicted octanol–water partition coefficient (Wildman–Crippen LogP) is 1.54. The molecule has 0 radical (unpaired) electrons. The summed E-state index contributed by atoms with van der Waals surface area (Å²) in [7, 11) is 2.01. The Morgan fingerprint density at radius 1 is 1.06 bits per heavy atom. The first kappa shape index (κ1) is 16.2. The Morgan fingerprint density at radius 2 is 1.53 bits per heavy atom. The fourth-order valence-corrected chi connectivity index (χ4v) is 1.82. The van der Waals surface area contributed by atoms with Crippen LogP contribution in [0.4, 0.5) is 0 Å². The lowest BCUT2D eigenvalue weighted by atomic mass is 9.72. The number of ketones is 1. The minimum atomic E-state index is -0.671. The molecular weight excluding hydrogens is 237 g/mol. The second-order valence-corrected chi connectivity index (χ2v) is 6.29. The van der Waals surface area contributed by atoms with Gasteiger partial charge in [-0.3, -0.25) is 14.4 Å². The fourth-order valence-electron chi connectivity index (χ4n) is 1.72. The lowest BCUT2D eigenvalue weighted by molar-refractivity contribution is -0.134. The van der Waals surface area contributed by atoms with Gasteiger partial charge in [-0.15, -0.1) is 0 Å². The van der Waals surface area contributed by atoms with Gasteiger partial charge >= 0.3 is 0 Å². The number of nitrogens with one attached hydrogen (secondary N) is 1. The molecule has 98 valence electrons. The second-order valence-electron chi connectivity index (χ2n) is 5.65. The highest BCUT2D eigenvalue weighted by Crippen LogP contribution is 2.34. The van der Waals surface area contributed by atoms with Crippen LogP contribution in [-0.2, 0) is 14.4 Å². The summed E-state index contributed by atoms with van der Waals surface area (Å²) in [6.07, 6.45) is 0.451. The van der Waals surface area contributed by atoms with E-state index in [2.05, 4.69) is 5.32 Å². The molecule has 5 heteroatoms. The number of hydrogen-bond acceptors (Lipinski definition) is 3. The van der Waals surface area contributed by atoms with Gasteiger partial charge in [0.25, 0.3) is 0 Å². The smallest absolute Gasteiger partial charge is 0.226 e. The normalized spacial score (nSPS) is 12.1. The third-order valence-corrected chi connectivity index (χ3v) is 3.08. The van der Waals surface area contributed by atoms with Gasteiger partial charge in [-0.05, 0) is 13.3 Å². The first-order chi connectivity index (χ1) is 7.49. The average Bonchev–Trinajstić information content (AvgIpc) is 2.11. The highest BCUT2D eigenvalue weighted by atomic mass is 31.0. The van der Waals surface area contributed by atoms with Gasteiger partial charge in [-0.25, -0.2) is 0 Å². The van der Waals surface area contributed by atoms with Gasteiger partial charge in [0, 0.05) is 10.8 Å². The van der Waals surface area contributed by atoms with E-state index in [0.717, 1.165) is 0 Å². The number of hydrogen-bond donors (Lipinski definition) is 1. The summed E-state index contributed by atoms with van der Waals surface area (Å²) >= 11 is 0. The van der Waals surface area contributed by atoms with Crippen LogP contribution in [0.1, 0.15) is 41.0 Å². The number of carbonyl (C=O) groups excluding carboxylic acids is 3. The molecule has 1 unspecified atom stereocenters. The Hall–Kier alpha value is -0.760. The largest absolute Gasteiger partial charge is 0.348 e. The van der Waals surface area contributed by atoms with E-state index in [9.17, 15) is 14.4 Å². The molecule has 0 bridgehead atoms. The van der Waals surface area contributed by atoms with Crippen LogP contribution in [0.2, 0.25) is 0 Å². The minimum Gasteiger partial charge on any atom is -0.348 e. The highest BCUT2D eigenvalue weighted by molar-refractivity contribution is 7.40. The standard InChI is InChI=1S/C12H22NO3P/c1-8(14)11(2,3)7-12(4,5)10(16)13-6-9(15)17/h6-7,17H2,1-5H3,(H,13,16). The quantitative estimate of drug-likeness (QED) is 0.736. The Labute approximate surface area is 105 Å². The van der Waals surface area contributed by atoms with E-state index in [-0.39, 0.29) is 23.8 Å². The molecule has 0 aromatic rings. The molecule has 0 saturated heterocycles. The summed E-state index contributed by atoms with van der Waals surface area (Å²) in [5.74, 6) is -0.150. The van der Waals surface area contributed by atoms with Crippen LogP contribution in [0.25, 0.3) is 0 Å². The topological polar surface area (TPSA) is 63.2 Å². The van der Waals surface area contributed by atoms with E-state index in [1.807, 2.05) is 23.1 Å². The third kappa shape index (κ3) is 5.40. The zero-order chi connectivity index (χ0) is 13.9. The molecular formula is C12H22NO3P. The molecule has 1 N–H and O–H groups in total. The van der Waals surface area contributed by atoms with Crippen LogP contribution in [0.5, 0.6) is 0 Å². The number of carbonyl (C=O) groups is 3. The van der Waals surface area contributed by atoms with Gasteiger partial charge in [0.2, 0.25) is 5.91 Å². The van der Waals surface area contributed by atoms with Crippen molar-refractivity contribution in [1.82, 2.24) is 5.32 Å². The van der Waals surface area contributed by atoms with Crippen molar-refractivity contribution in [2.75, 3.05) is 6.54 Å². The Morgan fingerprint density at radius 3 is 1.88 bits per heavy atom. The minimum absolute atomic E-state index is 0.00737. The van der Waals surface area contributed by atoms with Crippen LogP contribution in [0, 0.1) is 10.8 Å². The predicted molar refractivity (Wildman–Crippen MR) is 70.6 cm³/mol. The molecule has 0 aliphatic heterocycles. The highest BCUT2D eigenvalue weighted by Gasteiger charge is 2.37. The molecule has 0 aromatic carbocycles. The summed E-state index contributed by atoms with van der Waals surface area (Å²) in [5, 5.41) is 2.56. The molecule has 0 aliphatic carbocycles.